The summed E-state index contributed by atoms with van der Waals surface area (Å²) in [6.07, 6.45) is 3.63. The molecule has 5 heteroatoms. The molecular weight excluding hydrogens is 343 g/mol. The molecule has 1 fully saturated rings. The van der Waals surface area contributed by atoms with Crippen LogP contribution in [0.3, 0.4) is 0 Å². The van der Waals surface area contributed by atoms with E-state index in [9.17, 15) is 14.4 Å². The molecular formula is C22H21FN2O2. The first kappa shape index (κ1) is 17.6. The SMILES string of the molecule is Cc1c(F)cccc1[C@]1(C(=O)NO)CC[C@H](c2ccc3ncccc3c2)C1. The third-order valence-electron chi connectivity index (χ3n) is 5.93. The number of hydrogen-bond acceptors (Lipinski definition) is 3. The molecule has 2 N–H and O–H groups in total. The Balaban J connectivity index is 1.75. The molecule has 1 saturated carbocycles. The lowest BCUT2D eigenvalue weighted by atomic mass is 9.75. The molecule has 0 radical (unpaired) electrons. The van der Waals surface area contributed by atoms with Gasteiger partial charge in [-0.15, -0.1) is 0 Å². The fourth-order valence-electron chi connectivity index (χ4n) is 4.48. The summed E-state index contributed by atoms with van der Waals surface area (Å²) in [5.41, 5.74) is 4.07. The highest BCUT2D eigenvalue weighted by Crippen LogP contribution is 2.49. The molecule has 1 aliphatic rings. The number of halogens is 1. The van der Waals surface area contributed by atoms with Gasteiger partial charge in [-0.05, 0) is 73.1 Å². The first-order chi connectivity index (χ1) is 13.0. The maximum atomic E-state index is 14.2. The second kappa shape index (κ2) is 6.74. The van der Waals surface area contributed by atoms with E-state index in [1.807, 2.05) is 29.7 Å². The van der Waals surface area contributed by atoms with E-state index >= 15 is 0 Å². The molecule has 1 heterocycles. The largest absolute Gasteiger partial charge is 0.289 e. The van der Waals surface area contributed by atoms with Gasteiger partial charge in [-0.3, -0.25) is 15.0 Å². The predicted molar refractivity (Wildman–Crippen MR) is 101 cm³/mol. The van der Waals surface area contributed by atoms with Crippen molar-refractivity contribution in [1.82, 2.24) is 10.5 Å². The molecule has 0 aliphatic heterocycles. The summed E-state index contributed by atoms with van der Waals surface area (Å²) in [4.78, 5) is 17.0. The average Bonchev–Trinajstić information content (AvgIpc) is 3.15. The summed E-state index contributed by atoms with van der Waals surface area (Å²) in [7, 11) is 0. The molecule has 27 heavy (non-hydrogen) atoms. The highest BCUT2D eigenvalue weighted by Gasteiger charge is 2.48. The summed E-state index contributed by atoms with van der Waals surface area (Å²) >= 11 is 0. The molecule has 1 aliphatic carbocycles. The number of nitrogens with one attached hydrogen (secondary N) is 1. The Morgan fingerprint density at radius 3 is 2.93 bits per heavy atom. The molecule has 138 valence electrons. The van der Waals surface area contributed by atoms with Crippen molar-refractivity contribution in [3.8, 4) is 0 Å². The van der Waals surface area contributed by atoms with Crippen LogP contribution >= 0.6 is 0 Å². The highest BCUT2D eigenvalue weighted by molar-refractivity contribution is 5.88. The minimum absolute atomic E-state index is 0.148. The summed E-state index contributed by atoms with van der Waals surface area (Å²) in [6.45, 7) is 1.69. The van der Waals surface area contributed by atoms with Gasteiger partial charge in [0.05, 0.1) is 10.9 Å². The lowest BCUT2D eigenvalue weighted by Gasteiger charge is -2.29. The number of nitrogens with zero attached hydrogens (tertiary/aromatic N) is 1. The van der Waals surface area contributed by atoms with E-state index in [0.29, 0.717) is 24.0 Å². The van der Waals surface area contributed by atoms with Crippen LogP contribution in [0.4, 0.5) is 4.39 Å². The number of benzene rings is 2. The summed E-state index contributed by atoms with van der Waals surface area (Å²) in [5.74, 6) is -0.659. The van der Waals surface area contributed by atoms with Gasteiger partial charge in [0, 0.05) is 11.6 Å². The monoisotopic (exact) mass is 364 g/mol. The van der Waals surface area contributed by atoms with E-state index in [-0.39, 0.29) is 11.7 Å². The maximum absolute atomic E-state index is 14.2. The van der Waals surface area contributed by atoms with Crippen molar-refractivity contribution in [3.63, 3.8) is 0 Å². The van der Waals surface area contributed by atoms with Gasteiger partial charge in [-0.25, -0.2) is 9.87 Å². The van der Waals surface area contributed by atoms with Gasteiger partial charge in [0.15, 0.2) is 0 Å². The van der Waals surface area contributed by atoms with Gasteiger partial charge in [0.25, 0.3) is 5.91 Å². The Labute approximate surface area is 157 Å². The molecule has 2 aromatic carbocycles. The van der Waals surface area contributed by atoms with Crippen LogP contribution in [0.5, 0.6) is 0 Å². The molecule has 1 aromatic heterocycles. The first-order valence-corrected chi connectivity index (χ1v) is 9.10. The third kappa shape index (κ3) is 2.88. The summed E-state index contributed by atoms with van der Waals surface area (Å²) < 4.78 is 14.2. The van der Waals surface area contributed by atoms with E-state index in [1.54, 1.807) is 25.3 Å². The Morgan fingerprint density at radius 2 is 2.11 bits per heavy atom. The van der Waals surface area contributed by atoms with Crippen molar-refractivity contribution in [1.29, 1.82) is 0 Å². The van der Waals surface area contributed by atoms with E-state index in [1.165, 1.54) is 6.07 Å². The van der Waals surface area contributed by atoms with Gasteiger partial charge in [-0.2, -0.15) is 0 Å². The van der Waals surface area contributed by atoms with E-state index in [0.717, 1.165) is 22.9 Å². The number of aromatic nitrogens is 1. The Morgan fingerprint density at radius 1 is 1.26 bits per heavy atom. The third-order valence-corrected chi connectivity index (χ3v) is 5.93. The number of rotatable bonds is 3. The number of carbonyl (C=O) groups is 1. The van der Waals surface area contributed by atoms with Gasteiger partial charge in [-0.1, -0.05) is 24.3 Å². The van der Waals surface area contributed by atoms with Crippen LogP contribution in [0.1, 0.15) is 41.9 Å². The molecule has 3 aromatic rings. The van der Waals surface area contributed by atoms with Crippen LogP contribution in [0.25, 0.3) is 10.9 Å². The lowest BCUT2D eigenvalue weighted by Crippen LogP contribution is -2.42. The summed E-state index contributed by atoms with van der Waals surface area (Å²) in [5, 5.41) is 10.4. The molecule has 2 atom stereocenters. The summed E-state index contributed by atoms with van der Waals surface area (Å²) in [6, 6.07) is 14.9. The second-order valence-corrected chi connectivity index (χ2v) is 7.33. The minimum atomic E-state index is -0.935. The van der Waals surface area contributed by atoms with E-state index in [2.05, 4.69) is 11.1 Å². The van der Waals surface area contributed by atoms with Crippen molar-refractivity contribution in [2.24, 2.45) is 0 Å². The average molecular weight is 364 g/mol. The molecule has 4 nitrogen and oxygen atoms in total. The van der Waals surface area contributed by atoms with Crippen LogP contribution in [-0.4, -0.2) is 16.1 Å². The van der Waals surface area contributed by atoms with Gasteiger partial charge in [0.1, 0.15) is 5.82 Å². The zero-order valence-electron chi connectivity index (χ0n) is 15.1. The van der Waals surface area contributed by atoms with Crippen molar-refractivity contribution in [2.45, 2.75) is 37.5 Å². The molecule has 0 bridgehead atoms. The Kier molecular flexibility index (Phi) is 4.40. The topological polar surface area (TPSA) is 62.2 Å². The smallest absolute Gasteiger partial charge is 0.254 e. The van der Waals surface area contributed by atoms with Gasteiger partial charge >= 0.3 is 0 Å². The number of hydrogen-bond donors (Lipinski definition) is 2. The van der Waals surface area contributed by atoms with Crippen molar-refractivity contribution >= 4 is 16.8 Å². The highest BCUT2D eigenvalue weighted by atomic mass is 19.1. The minimum Gasteiger partial charge on any atom is -0.289 e. The van der Waals surface area contributed by atoms with Crippen molar-refractivity contribution in [3.05, 3.63) is 77.2 Å². The van der Waals surface area contributed by atoms with Crippen LogP contribution in [0, 0.1) is 12.7 Å². The van der Waals surface area contributed by atoms with E-state index < -0.39 is 11.3 Å². The van der Waals surface area contributed by atoms with Crippen LogP contribution in [0.15, 0.2) is 54.7 Å². The van der Waals surface area contributed by atoms with Crippen molar-refractivity contribution in [2.75, 3.05) is 0 Å². The fraction of sp³-hybridized carbons (Fsp3) is 0.273. The first-order valence-electron chi connectivity index (χ1n) is 9.10. The maximum Gasteiger partial charge on any atom is 0.254 e. The molecule has 4 rings (SSSR count). The number of fused-ring (bicyclic) bond motifs is 1. The van der Waals surface area contributed by atoms with E-state index in [4.69, 9.17) is 0 Å². The second-order valence-electron chi connectivity index (χ2n) is 7.33. The number of amides is 1. The number of carbonyl (C=O) groups excluding carboxylic acids is 1. The Bertz CT molecular complexity index is 1020. The standard InChI is InChI=1S/C22H21FN2O2/c1-14-18(5-2-6-19(14)23)22(21(26)25-27)10-9-17(13-22)15-7-8-20-16(12-15)4-3-11-24-20/h2-8,11-12,17,27H,9-10,13H2,1H3,(H,25,26)/t17-,22-/m0/s1. The molecule has 0 saturated heterocycles. The molecule has 0 unspecified atom stereocenters. The van der Waals surface area contributed by atoms with Crippen LogP contribution < -0.4 is 5.48 Å². The lowest BCUT2D eigenvalue weighted by molar-refractivity contribution is -0.135. The fourth-order valence-corrected chi connectivity index (χ4v) is 4.48. The zero-order valence-corrected chi connectivity index (χ0v) is 15.1. The number of pyridine rings is 1. The van der Waals surface area contributed by atoms with Crippen molar-refractivity contribution < 1.29 is 14.4 Å². The van der Waals surface area contributed by atoms with Crippen LogP contribution in [0.2, 0.25) is 0 Å². The normalized spacial score (nSPS) is 22.1. The molecule has 1 amide bonds. The molecule has 0 spiro atoms. The zero-order chi connectivity index (χ0) is 19.0. The predicted octanol–water partition coefficient (Wildman–Crippen LogP) is 4.39. The van der Waals surface area contributed by atoms with Gasteiger partial charge < -0.3 is 0 Å². The van der Waals surface area contributed by atoms with Crippen LogP contribution in [-0.2, 0) is 10.2 Å². The van der Waals surface area contributed by atoms with Gasteiger partial charge in [0.2, 0.25) is 0 Å². The number of hydroxylamine groups is 1. The Hall–Kier alpha value is -2.79. The quantitative estimate of drug-likeness (QED) is 0.535.